The SMILES string of the molecule is Oc1ccc(OC2CCNCC2)cc1Cl. The minimum atomic E-state index is 0.0920. The summed E-state index contributed by atoms with van der Waals surface area (Å²) in [6.07, 6.45) is 2.28. The summed E-state index contributed by atoms with van der Waals surface area (Å²) in [5.41, 5.74) is 0. The number of hydrogen-bond donors (Lipinski definition) is 2. The number of benzene rings is 1. The molecule has 0 saturated carbocycles. The van der Waals surface area contributed by atoms with Crippen molar-refractivity contribution in [3.05, 3.63) is 23.2 Å². The van der Waals surface area contributed by atoms with Gasteiger partial charge in [0.15, 0.2) is 0 Å². The number of nitrogens with one attached hydrogen (secondary N) is 1. The second-order valence-electron chi connectivity index (χ2n) is 3.68. The number of ether oxygens (including phenoxy) is 1. The van der Waals surface area contributed by atoms with E-state index in [9.17, 15) is 5.11 Å². The molecule has 3 nitrogen and oxygen atoms in total. The van der Waals surface area contributed by atoms with Crippen LogP contribution in [0.3, 0.4) is 0 Å². The fraction of sp³-hybridized carbons (Fsp3) is 0.455. The van der Waals surface area contributed by atoms with Crippen molar-refractivity contribution in [2.24, 2.45) is 0 Å². The van der Waals surface area contributed by atoms with Crippen molar-refractivity contribution < 1.29 is 9.84 Å². The molecular weight excluding hydrogens is 214 g/mol. The zero-order chi connectivity index (χ0) is 10.7. The Balaban J connectivity index is 2.00. The van der Waals surface area contributed by atoms with Gasteiger partial charge >= 0.3 is 0 Å². The monoisotopic (exact) mass is 227 g/mol. The highest BCUT2D eigenvalue weighted by molar-refractivity contribution is 6.32. The summed E-state index contributed by atoms with van der Waals surface area (Å²) in [7, 11) is 0. The van der Waals surface area contributed by atoms with E-state index in [1.165, 1.54) is 0 Å². The van der Waals surface area contributed by atoms with Crippen molar-refractivity contribution >= 4 is 11.6 Å². The van der Waals surface area contributed by atoms with Crippen molar-refractivity contribution in [1.29, 1.82) is 0 Å². The summed E-state index contributed by atoms with van der Waals surface area (Å²) >= 11 is 5.79. The van der Waals surface area contributed by atoms with E-state index < -0.39 is 0 Å². The van der Waals surface area contributed by atoms with Gasteiger partial charge in [-0.3, -0.25) is 0 Å². The molecule has 0 radical (unpaired) electrons. The molecule has 1 saturated heterocycles. The van der Waals surface area contributed by atoms with Crippen LogP contribution in [0.1, 0.15) is 12.8 Å². The average Bonchev–Trinajstić information content (AvgIpc) is 2.25. The van der Waals surface area contributed by atoms with Crippen LogP contribution in [0.15, 0.2) is 18.2 Å². The van der Waals surface area contributed by atoms with Gasteiger partial charge in [-0.1, -0.05) is 11.6 Å². The quantitative estimate of drug-likeness (QED) is 0.814. The van der Waals surface area contributed by atoms with Gasteiger partial charge in [-0.25, -0.2) is 0 Å². The van der Waals surface area contributed by atoms with Crippen LogP contribution in [0.5, 0.6) is 11.5 Å². The summed E-state index contributed by atoms with van der Waals surface area (Å²) in [5, 5.41) is 12.9. The Morgan fingerprint density at radius 2 is 2.07 bits per heavy atom. The normalized spacial score (nSPS) is 17.7. The van der Waals surface area contributed by atoms with E-state index in [1.807, 2.05) is 0 Å². The van der Waals surface area contributed by atoms with Crippen molar-refractivity contribution in [3.8, 4) is 11.5 Å². The van der Waals surface area contributed by atoms with E-state index >= 15 is 0 Å². The van der Waals surface area contributed by atoms with E-state index in [-0.39, 0.29) is 11.9 Å². The highest BCUT2D eigenvalue weighted by Crippen LogP contribution is 2.28. The lowest BCUT2D eigenvalue weighted by Gasteiger charge is -2.23. The van der Waals surface area contributed by atoms with Gasteiger partial charge in [-0.15, -0.1) is 0 Å². The number of phenols is 1. The molecule has 1 heterocycles. The lowest BCUT2D eigenvalue weighted by Crippen LogP contribution is -2.34. The van der Waals surface area contributed by atoms with Crippen molar-refractivity contribution in [3.63, 3.8) is 0 Å². The van der Waals surface area contributed by atoms with E-state index in [2.05, 4.69) is 5.32 Å². The van der Waals surface area contributed by atoms with Crippen LogP contribution in [0.25, 0.3) is 0 Å². The third-order valence-corrected chi connectivity index (χ3v) is 2.81. The van der Waals surface area contributed by atoms with Crippen LogP contribution in [-0.4, -0.2) is 24.3 Å². The molecule has 1 aliphatic heterocycles. The van der Waals surface area contributed by atoms with Crippen molar-refractivity contribution in [1.82, 2.24) is 5.32 Å². The largest absolute Gasteiger partial charge is 0.506 e. The van der Waals surface area contributed by atoms with E-state index in [0.717, 1.165) is 31.7 Å². The predicted molar refractivity (Wildman–Crippen MR) is 59.6 cm³/mol. The second-order valence-corrected chi connectivity index (χ2v) is 4.09. The second kappa shape index (κ2) is 4.73. The van der Waals surface area contributed by atoms with Gasteiger partial charge in [0.25, 0.3) is 0 Å². The van der Waals surface area contributed by atoms with Gasteiger partial charge in [0, 0.05) is 6.07 Å². The summed E-state index contributed by atoms with van der Waals surface area (Å²) in [4.78, 5) is 0. The van der Waals surface area contributed by atoms with Gasteiger partial charge in [0.1, 0.15) is 17.6 Å². The zero-order valence-corrected chi connectivity index (χ0v) is 9.13. The first-order valence-corrected chi connectivity index (χ1v) is 5.49. The van der Waals surface area contributed by atoms with Gasteiger partial charge in [0.2, 0.25) is 0 Å². The van der Waals surface area contributed by atoms with E-state index in [1.54, 1.807) is 18.2 Å². The van der Waals surface area contributed by atoms with Crippen molar-refractivity contribution in [2.75, 3.05) is 13.1 Å². The molecule has 2 rings (SSSR count). The summed E-state index contributed by atoms with van der Waals surface area (Å²) < 4.78 is 5.76. The Kier molecular flexibility index (Phi) is 3.34. The number of piperidine rings is 1. The fourth-order valence-corrected chi connectivity index (χ4v) is 1.84. The maximum absolute atomic E-state index is 9.25. The number of halogens is 1. The predicted octanol–water partition coefficient (Wildman–Crippen LogP) is 2.18. The van der Waals surface area contributed by atoms with Gasteiger partial charge in [-0.2, -0.15) is 0 Å². The number of phenolic OH excluding ortho intramolecular Hbond substituents is 1. The Hall–Kier alpha value is -0.930. The lowest BCUT2D eigenvalue weighted by molar-refractivity contribution is 0.162. The van der Waals surface area contributed by atoms with Gasteiger partial charge in [0.05, 0.1) is 5.02 Å². The maximum atomic E-state index is 9.25. The molecule has 82 valence electrons. The molecule has 1 fully saturated rings. The molecule has 0 bridgehead atoms. The molecule has 15 heavy (non-hydrogen) atoms. The first-order valence-electron chi connectivity index (χ1n) is 5.11. The molecular formula is C11H14ClNO2. The smallest absolute Gasteiger partial charge is 0.134 e. The molecule has 1 aromatic carbocycles. The number of hydrogen-bond acceptors (Lipinski definition) is 3. The number of rotatable bonds is 2. The van der Waals surface area contributed by atoms with Crippen molar-refractivity contribution in [2.45, 2.75) is 18.9 Å². The molecule has 4 heteroatoms. The van der Waals surface area contributed by atoms with Crippen LogP contribution in [-0.2, 0) is 0 Å². The van der Waals surface area contributed by atoms with Crippen LogP contribution in [0, 0.1) is 0 Å². The minimum absolute atomic E-state index is 0.0920. The third kappa shape index (κ3) is 2.76. The standard InChI is InChI=1S/C11H14ClNO2/c12-10-7-9(1-2-11(10)14)15-8-3-5-13-6-4-8/h1-2,7-8,13-14H,3-6H2. The third-order valence-electron chi connectivity index (χ3n) is 2.51. The van der Waals surface area contributed by atoms with Crippen LogP contribution < -0.4 is 10.1 Å². The fourth-order valence-electron chi connectivity index (χ4n) is 1.67. The highest BCUT2D eigenvalue weighted by Gasteiger charge is 2.14. The molecule has 1 aromatic rings. The van der Waals surface area contributed by atoms with Crippen LogP contribution in [0.2, 0.25) is 5.02 Å². The lowest BCUT2D eigenvalue weighted by atomic mass is 10.1. The van der Waals surface area contributed by atoms with E-state index in [4.69, 9.17) is 16.3 Å². The van der Waals surface area contributed by atoms with Gasteiger partial charge < -0.3 is 15.2 Å². The Bertz CT molecular complexity index is 337. The molecule has 0 aliphatic carbocycles. The Morgan fingerprint density at radius 1 is 1.33 bits per heavy atom. The van der Waals surface area contributed by atoms with E-state index in [0.29, 0.717) is 5.02 Å². The molecule has 0 aromatic heterocycles. The highest BCUT2D eigenvalue weighted by atomic mass is 35.5. The maximum Gasteiger partial charge on any atom is 0.134 e. The minimum Gasteiger partial charge on any atom is -0.506 e. The molecule has 0 spiro atoms. The molecule has 2 N–H and O–H groups in total. The van der Waals surface area contributed by atoms with Crippen LogP contribution in [0.4, 0.5) is 0 Å². The molecule has 1 aliphatic rings. The van der Waals surface area contributed by atoms with Crippen LogP contribution >= 0.6 is 11.6 Å². The first kappa shape index (κ1) is 10.6. The molecule has 0 atom stereocenters. The molecule has 0 unspecified atom stereocenters. The number of aromatic hydroxyl groups is 1. The Labute approximate surface area is 94.0 Å². The zero-order valence-electron chi connectivity index (χ0n) is 8.37. The summed E-state index contributed by atoms with van der Waals surface area (Å²) in [6.45, 7) is 1.99. The topological polar surface area (TPSA) is 41.5 Å². The first-order chi connectivity index (χ1) is 7.25. The molecule has 0 amide bonds. The van der Waals surface area contributed by atoms with Gasteiger partial charge in [-0.05, 0) is 38.1 Å². The summed E-state index contributed by atoms with van der Waals surface area (Å²) in [5.74, 6) is 0.819. The average molecular weight is 228 g/mol. The Morgan fingerprint density at radius 3 is 2.73 bits per heavy atom. The summed E-state index contributed by atoms with van der Waals surface area (Å²) in [6, 6.07) is 4.95.